The number of aromatic hydroxyl groups is 1. The highest BCUT2D eigenvalue weighted by atomic mass is 16.3. The molecule has 0 bridgehead atoms. The zero-order valence-corrected chi connectivity index (χ0v) is 40.9. The molecule has 1 N–H and O–H groups in total. The van der Waals surface area contributed by atoms with Gasteiger partial charge in [-0.1, -0.05) is 188 Å². The Morgan fingerprint density at radius 3 is 1.70 bits per heavy atom. The number of pyridine rings is 1. The van der Waals surface area contributed by atoms with Gasteiger partial charge in [0.15, 0.2) is 0 Å². The van der Waals surface area contributed by atoms with Crippen molar-refractivity contribution >= 4 is 11.0 Å². The van der Waals surface area contributed by atoms with E-state index in [4.69, 9.17) is 9.97 Å². The van der Waals surface area contributed by atoms with Crippen molar-refractivity contribution in [1.29, 1.82) is 0 Å². The van der Waals surface area contributed by atoms with E-state index in [-0.39, 0.29) is 23.0 Å². The van der Waals surface area contributed by atoms with E-state index >= 15 is 0 Å². The van der Waals surface area contributed by atoms with Crippen molar-refractivity contribution in [3.8, 4) is 89.7 Å². The number of phenols is 1. The van der Waals surface area contributed by atoms with Crippen LogP contribution in [0.15, 0.2) is 194 Å². The summed E-state index contributed by atoms with van der Waals surface area (Å²) in [4.78, 5) is 10.7. The number of hydrogen-bond donors (Lipinski definition) is 1. The molecule has 2 heterocycles. The van der Waals surface area contributed by atoms with Gasteiger partial charge in [-0.25, -0.2) is 4.98 Å². The zero-order chi connectivity index (χ0) is 48.0. The summed E-state index contributed by atoms with van der Waals surface area (Å²) in [7, 11) is 0. The minimum atomic E-state index is -0.162. The molecule has 4 nitrogen and oxygen atoms in total. The molecule has 0 aliphatic rings. The van der Waals surface area contributed by atoms with Crippen LogP contribution >= 0.6 is 0 Å². The number of para-hydroxylation sites is 1. The number of fused-ring (bicyclic) bond motifs is 1. The Hall–Kier alpha value is -7.82. The van der Waals surface area contributed by atoms with Crippen LogP contribution in [0.25, 0.3) is 95.0 Å². The van der Waals surface area contributed by atoms with Crippen LogP contribution in [0, 0.1) is 6.92 Å². The highest BCUT2D eigenvalue weighted by molar-refractivity contribution is 5.98. The summed E-state index contributed by atoms with van der Waals surface area (Å²) in [6.07, 6.45) is 1.92. The van der Waals surface area contributed by atoms with E-state index in [2.05, 4.69) is 248 Å². The smallest absolute Gasteiger partial charge is 0.149 e. The van der Waals surface area contributed by atoms with E-state index in [1.54, 1.807) is 0 Å². The Kier molecular flexibility index (Phi) is 12.0. The van der Waals surface area contributed by atoms with Crippen molar-refractivity contribution in [1.82, 2.24) is 14.5 Å². The van der Waals surface area contributed by atoms with Gasteiger partial charge in [0.05, 0.1) is 28.0 Å². The first-order valence-corrected chi connectivity index (χ1v) is 24.2. The van der Waals surface area contributed by atoms with Crippen molar-refractivity contribution in [3.63, 3.8) is 0 Å². The lowest BCUT2D eigenvalue weighted by atomic mass is 9.83. The first-order valence-electron chi connectivity index (χ1n) is 24.2. The molecule has 340 valence electrons. The Morgan fingerprint density at radius 2 is 1.07 bits per heavy atom. The quantitative estimate of drug-likeness (QED) is 0.149. The number of benzene rings is 8. The van der Waals surface area contributed by atoms with Crippen molar-refractivity contribution in [2.24, 2.45) is 0 Å². The summed E-state index contributed by atoms with van der Waals surface area (Å²) in [5.41, 5.74) is 20.9. The standard InChI is InChI=1S/C65H59N3O/c1-41(2)50-37-55(42(3)4)63(69)58(38-50)64-67-62-54(25-18-26-60(62)68(64)61-40-56(47-21-14-10-15-22-47)43(5)33-57(61)48-23-16-11-17-24-48)51-34-52(36-53(35-51)65(6,7)8)59-39-49(31-32-66-59)46-29-27-45(28-30-46)44-19-12-9-13-20-44/h9-42,69H,1-8H3. The molecule has 0 amide bonds. The highest BCUT2D eigenvalue weighted by Gasteiger charge is 2.26. The Morgan fingerprint density at radius 1 is 0.478 bits per heavy atom. The number of phenolic OH excluding ortho intramolecular Hbond substituents is 1. The second-order valence-electron chi connectivity index (χ2n) is 20.1. The molecule has 8 aromatic carbocycles. The topological polar surface area (TPSA) is 50.9 Å². The molecular weight excluding hydrogens is 839 g/mol. The fourth-order valence-electron chi connectivity index (χ4n) is 9.66. The Bertz CT molecular complexity index is 3470. The lowest BCUT2D eigenvalue weighted by Gasteiger charge is -2.22. The van der Waals surface area contributed by atoms with Gasteiger partial charge in [0, 0.05) is 22.9 Å². The van der Waals surface area contributed by atoms with E-state index in [1.807, 2.05) is 6.20 Å². The summed E-state index contributed by atoms with van der Waals surface area (Å²) >= 11 is 0. The average Bonchev–Trinajstić information content (AvgIpc) is 3.76. The number of aromatic nitrogens is 3. The number of aryl methyl sites for hydroxylation is 1. The SMILES string of the molecule is Cc1cc(-c2ccccc2)c(-n2c(-c3cc(C(C)C)cc(C(C)C)c3O)nc3c(-c4cc(-c5cc(-c6ccc(-c7ccccc7)cc6)ccn5)cc(C(C)(C)C)c4)cccc32)cc1-c1ccccc1. The highest BCUT2D eigenvalue weighted by Crippen LogP contribution is 2.45. The molecule has 0 spiro atoms. The normalized spacial score (nSPS) is 11.8. The maximum Gasteiger partial charge on any atom is 0.149 e. The van der Waals surface area contributed by atoms with Crippen LogP contribution in [-0.4, -0.2) is 19.6 Å². The van der Waals surface area contributed by atoms with Crippen molar-refractivity contribution < 1.29 is 5.11 Å². The largest absolute Gasteiger partial charge is 0.507 e. The summed E-state index contributed by atoms with van der Waals surface area (Å²) in [6.45, 7) is 17.7. The first-order chi connectivity index (χ1) is 33.3. The van der Waals surface area contributed by atoms with Gasteiger partial charge in [0.25, 0.3) is 0 Å². The van der Waals surface area contributed by atoms with Gasteiger partial charge in [-0.2, -0.15) is 0 Å². The second-order valence-corrected chi connectivity index (χ2v) is 20.1. The summed E-state index contributed by atoms with van der Waals surface area (Å²) in [5.74, 6) is 1.29. The van der Waals surface area contributed by atoms with Gasteiger partial charge < -0.3 is 5.11 Å². The van der Waals surface area contributed by atoms with E-state index in [0.29, 0.717) is 5.82 Å². The molecular formula is C65H59N3O. The molecule has 10 rings (SSSR count). The molecule has 0 aliphatic carbocycles. The minimum absolute atomic E-state index is 0.0964. The van der Waals surface area contributed by atoms with Gasteiger partial charge in [0.1, 0.15) is 11.6 Å². The molecule has 0 atom stereocenters. The molecule has 0 saturated carbocycles. The molecule has 0 fully saturated rings. The van der Waals surface area contributed by atoms with Crippen LogP contribution in [0.5, 0.6) is 5.75 Å². The van der Waals surface area contributed by atoms with Crippen molar-refractivity contribution in [2.45, 2.75) is 72.6 Å². The van der Waals surface area contributed by atoms with Crippen LogP contribution in [0.2, 0.25) is 0 Å². The Balaban J connectivity index is 1.22. The van der Waals surface area contributed by atoms with Gasteiger partial charge in [-0.05, 0) is 139 Å². The third kappa shape index (κ3) is 8.80. The van der Waals surface area contributed by atoms with E-state index in [9.17, 15) is 5.11 Å². The maximum absolute atomic E-state index is 12.5. The van der Waals surface area contributed by atoms with Gasteiger partial charge in [0.2, 0.25) is 0 Å². The van der Waals surface area contributed by atoms with Gasteiger partial charge >= 0.3 is 0 Å². The minimum Gasteiger partial charge on any atom is -0.507 e. The predicted octanol–water partition coefficient (Wildman–Crippen LogP) is 17.6. The Labute approximate surface area is 407 Å². The van der Waals surface area contributed by atoms with Gasteiger partial charge in [-0.3, -0.25) is 9.55 Å². The van der Waals surface area contributed by atoms with Crippen LogP contribution in [0.4, 0.5) is 0 Å². The molecule has 69 heavy (non-hydrogen) atoms. The maximum atomic E-state index is 12.5. The lowest BCUT2D eigenvalue weighted by molar-refractivity contribution is 0.466. The fraction of sp³-hybridized carbons (Fsp3) is 0.169. The number of hydrogen-bond acceptors (Lipinski definition) is 3. The molecule has 10 aromatic rings. The predicted molar refractivity (Wildman–Crippen MR) is 290 cm³/mol. The second kappa shape index (κ2) is 18.3. The monoisotopic (exact) mass is 897 g/mol. The number of imidazole rings is 1. The van der Waals surface area contributed by atoms with E-state index in [0.717, 1.165) is 89.2 Å². The van der Waals surface area contributed by atoms with Gasteiger partial charge in [-0.15, -0.1) is 0 Å². The average molecular weight is 898 g/mol. The third-order valence-electron chi connectivity index (χ3n) is 13.6. The molecule has 0 aliphatic heterocycles. The van der Waals surface area contributed by atoms with Crippen LogP contribution < -0.4 is 0 Å². The van der Waals surface area contributed by atoms with Crippen molar-refractivity contribution in [2.75, 3.05) is 0 Å². The lowest BCUT2D eigenvalue weighted by Crippen LogP contribution is -2.11. The zero-order valence-electron chi connectivity index (χ0n) is 40.9. The molecule has 2 aromatic heterocycles. The van der Waals surface area contributed by atoms with Crippen LogP contribution in [0.3, 0.4) is 0 Å². The van der Waals surface area contributed by atoms with Crippen LogP contribution in [-0.2, 0) is 5.41 Å². The summed E-state index contributed by atoms with van der Waals surface area (Å²) < 4.78 is 2.30. The van der Waals surface area contributed by atoms with E-state index < -0.39 is 0 Å². The summed E-state index contributed by atoms with van der Waals surface area (Å²) in [5, 5.41) is 12.5. The fourth-order valence-corrected chi connectivity index (χ4v) is 9.66. The van der Waals surface area contributed by atoms with Crippen molar-refractivity contribution in [3.05, 3.63) is 217 Å². The third-order valence-corrected chi connectivity index (χ3v) is 13.6. The molecule has 0 saturated heterocycles. The molecule has 4 heteroatoms. The number of rotatable bonds is 10. The summed E-state index contributed by atoms with van der Waals surface area (Å²) in [6, 6.07) is 67.2. The van der Waals surface area contributed by atoms with E-state index in [1.165, 1.54) is 22.3 Å². The molecule has 0 unspecified atom stereocenters. The van der Waals surface area contributed by atoms with Crippen LogP contribution in [0.1, 0.15) is 82.6 Å². The molecule has 0 radical (unpaired) electrons. The first kappa shape index (κ1) is 45.0. The number of nitrogens with zero attached hydrogens (tertiary/aromatic N) is 3.